The number of hydrogen-bond acceptors (Lipinski definition) is 3. The number of anilines is 1. The molecule has 2 aromatic carbocycles. The van der Waals surface area contributed by atoms with E-state index in [1.807, 2.05) is 42.5 Å². The molecule has 3 aliphatic heterocycles. The predicted molar refractivity (Wildman–Crippen MR) is 146 cm³/mol. The fraction of sp³-hybridized carbons (Fsp3) is 0.312. The highest BCUT2D eigenvalue weighted by atomic mass is 16.5. The Bertz CT molecular complexity index is 1360. The third kappa shape index (κ3) is 4.25. The lowest BCUT2D eigenvalue weighted by molar-refractivity contribution is 0.396. The Kier molecular flexibility index (Phi) is 5.85. The van der Waals surface area contributed by atoms with E-state index in [-0.39, 0.29) is 16.5 Å². The second-order valence-corrected chi connectivity index (χ2v) is 11.1. The van der Waals surface area contributed by atoms with Gasteiger partial charge in [-0.2, -0.15) is 0 Å². The zero-order chi connectivity index (χ0) is 25.5. The quantitative estimate of drug-likeness (QED) is 0.342. The number of allylic oxidation sites excluding steroid dienone is 5. The summed E-state index contributed by atoms with van der Waals surface area (Å²) in [4.78, 5) is 6.00. The zero-order valence-electron chi connectivity index (χ0n) is 21.4. The molecule has 0 fully saturated rings. The second kappa shape index (κ2) is 8.89. The third-order valence-corrected chi connectivity index (χ3v) is 7.72. The Morgan fingerprint density at radius 1 is 1.00 bits per heavy atom. The lowest BCUT2D eigenvalue weighted by Crippen LogP contribution is -2.44. The van der Waals surface area contributed by atoms with Crippen LogP contribution < -0.4 is 4.90 Å². The first-order valence-electron chi connectivity index (χ1n) is 12.5. The molecule has 36 heavy (non-hydrogen) atoms. The summed E-state index contributed by atoms with van der Waals surface area (Å²) in [5.41, 5.74) is 7.18. The molecule has 0 spiro atoms. The first-order valence-corrected chi connectivity index (χ1v) is 12.5. The van der Waals surface area contributed by atoms with E-state index in [4.69, 9.17) is 11.3 Å². The highest BCUT2D eigenvalue weighted by Gasteiger charge is 2.39. The van der Waals surface area contributed by atoms with E-state index in [0.29, 0.717) is 17.1 Å². The van der Waals surface area contributed by atoms with Gasteiger partial charge < -0.3 is 9.64 Å². The Hall–Kier alpha value is -4.02. The van der Waals surface area contributed by atoms with E-state index in [2.05, 4.69) is 55.6 Å². The second-order valence-electron chi connectivity index (χ2n) is 11.1. The lowest BCUT2D eigenvalue weighted by Gasteiger charge is -2.48. The van der Waals surface area contributed by atoms with E-state index < -0.39 is 0 Å². The third-order valence-electron chi connectivity index (χ3n) is 7.72. The summed E-state index contributed by atoms with van der Waals surface area (Å²) in [5.74, 6) is 1.23. The van der Waals surface area contributed by atoms with Crippen molar-refractivity contribution in [1.82, 2.24) is 0 Å². The average molecular weight is 474 g/mol. The molecule has 2 aromatic rings. The van der Waals surface area contributed by atoms with Gasteiger partial charge in [0.1, 0.15) is 11.5 Å². The van der Waals surface area contributed by atoms with Crippen molar-refractivity contribution in [1.29, 1.82) is 5.26 Å². The van der Waals surface area contributed by atoms with Gasteiger partial charge in [-0.25, -0.2) is 10.1 Å². The Balaban J connectivity index is 1.57. The summed E-state index contributed by atoms with van der Waals surface area (Å²) in [5, 5.41) is 9.48. The maximum atomic E-state index is 9.48. The molecule has 0 amide bonds. The van der Waals surface area contributed by atoms with Gasteiger partial charge in [-0.3, -0.25) is 0 Å². The molecule has 0 saturated heterocycles. The lowest BCUT2D eigenvalue weighted by atomic mass is 9.69. The molecule has 0 aliphatic carbocycles. The standard InChI is InChI=1S/C32H31N3O/c1-31(2)13-15-35-16-14-32(3,4)27-18-22(17-26(31)30(27)35)11-12-25-19-24(28(21-33)34-5)20-29(36-25)23-9-7-6-8-10-23/h6-12,17-20H,13-16H2,1-4H3/b12-11+,28-24+. The topological polar surface area (TPSA) is 40.6 Å². The van der Waals surface area contributed by atoms with E-state index in [9.17, 15) is 5.26 Å². The highest BCUT2D eigenvalue weighted by molar-refractivity contribution is 5.73. The molecule has 3 heterocycles. The van der Waals surface area contributed by atoms with Crippen LogP contribution in [0.5, 0.6) is 0 Å². The van der Waals surface area contributed by atoms with Crippen molar-refractivity contribution < 1.29 is 4.74 Å². The maximum absolute atomic E-state index is 9.48. The first kappa shape index (κ1) is 23.7. The molecular formula is C32H31N3O. The van der Waals surface area contributed by atoms with E-state index in [1.54, 1.807) is 12.2 Å². The molecule has 0 unspecified atom stereocenters. The Labute approximate surface area is 214 Å². The summed E-state index contributed by atoms with van der Waals surface area (Å²) in [6.45, 7) is 19.1. The normalized spacial score (nSPS) is 20.9. The van der Waals surface area contributed by atoms with Gasteiger partial charge in [0.2, 0.25) is 0 Å². The number of rotatable bonds is 3. The molecular weight excluding hydrogens is 442 g/mol. The zero-order valence-corrected chi connectivity index (χ0v) is 21.4. The van der Waals surface area contributed by atoms with Gasteiger partial charge in [0.25, 0.3) is 5.70 Å². The fourth-order valence-electron chi connectivity index (χ4n) is 5.38. The summed E-state index contributed by atoms with van der Waals surface area (Å²) in [6, 6.07) is 16.4. The van der Waals surface area contributed by atoms with Gasteiger partial charge in [0.05, 0.1) is 12.6 Å². The number of ether oxygens (including phenoxy) is 1. The van der Waals surface area contributed by atoms with Gasteiger partial charge in [0.15, 0.2) is 0 Å². The van der Waals surface area contributed by atoms with E-state index >= 15 is 0 Å². The largest absolute Gasteiger partial charge is 0.457 e. The number of nitrogens with zero attached hydrogens (tertiary/aromatic N) is 3. The number of hydrogen-bond donors (Lipinski definition) is 0. The number of nitriles is 1. The van der Waals surface area contributed by atoms with Crippen LogP contribution in [0.1, 0.15) is 62.8 Å². The SMILES string of the molecule is [C-]#[N+]/C(C#N)=C1C=C(/C=C/c2cc3c4c(c2)C(C)(C)CCN4CCC3(C)C)OC(c2ccccc2)=C\1. The number of benzene rings is 2. The Morgan fingerprint density at radius 3 is 2.22 bits per heavy atom. The molecule has 5 rings (SSSR count). The van der Waals surface area contributed by atoms with Crippen LogP contribution >= 0.6 is 0 Å². The van der Waals surface area contributed by atoms with Gasteiger partial charge in [-0.15, -0.1) is 0 Å². The molecule has 4 nitrogen and oxygen atoms in total. The van der Waals surface area contributed by atoms with Crippen LogP contribution in [0.2, 0.25) is 0 Å². The van der Waals surface area contributed by atoms with Crippen molar-refractivity contribution in [2.24, 2.45) is 0 Å². The summed E-state index contributed by atoms with van der Waals surface area (Å²) in [7, 11) is 0. The van der Waals surface area contributed by atoms with Gasteiger partial charge in [-0.1, -0.05) is 64.1 Å². The molecule has 0 saturated carbocycles. The molecule has 180 valence electrons. The smallest absolute Gasteiger partial charge is 0.269 e. The van der Waals surface area contributed by atoms with E-state index in [0.717, 1.165) is 37.1 Å². The molecule has 0 atom stereocenters. The summed E-state index contributed by atoms with van der Waals surface area (Å²) >= 11 is 0. The van der Waals surface area contributed by atoms with Crippen molar-refractivity contribution in [3.8, 4) is 6.07 Å². The minimum atomic E-state index is 0.0550. The maximum Gasteiger partial charge on any atom is 0.269 e. The first-order chi connectivity index (χ1) is 17.2. The monoisotopic (exact) mass is 473 g/mol. The van der Waals surface area contributed by atoms with Crippen molar-refractivity contribution in [2.75, 3.05) is 18.0 Å². The van der Waals surface area contributed by atoms with Crippen LogP contribution in [0.25, 0.3) is 16.7 Å². The average Bonchev–Trinajstić information content (AvgIpc) is 2.87. The summed E-state index contributed by atoms with van der Waals surface area (Å²) < 4.78 is 6.22. The van der Waals surface area contributed by atoms with Crippen molar-refractivity contribution in [2.45, 2.75) is 51.4 Å². The Morgan fingerprint density at radius 2 is 1.64 bits per heavy atom. The molecule has 0 aromatic heterocycles. The van der Waals surface area contributed by atoms with E-state index in [1.165, 1.54) is 16.8 Å². The predicted octanol–water partition coefficient (Wildman–Crippen LogP) is 7.52. The van der Waals surface area contributed by atoms with Crippen molar-refractivity contribution >= 4 is 17.5 Å². The van der Waals surface area contributed by atoms with Crippen molar-refractivity contribution in [3.05, 3.63) is 111 Å². The van der Waals surface area contributed by atoms with Gasteiger partial charge in [-0.05, 0) is 76.3 Å². The van der Waals surface area contributed by atoms with Crippen molar-refractivity contribution in [3.63, 3.8) is 0 Å². The van der Waals surface area contributed by atoms with Crippen LogP contribution in [0.4, 0.5) is 5.69 Å². The van der Waals surface area contributed by atoms with Crippen LogP contribution in [0.15, 0.2) is 77.7 Å². The molecule has 3 aliphatic rings. The van der Waals surface area contributed by atoms with Crippen LogP contribution in [0, 0.1) is 17.9 Å². The van der Waals surface area contributed by atoms with Crippen LogP contribution in [-0.2, 0) is 15.6 Å². The molecule has 0 N–H and O–H groups in total. The van der Waals surface area contributed by atoms with Gasteiger partial charge >= 0.3 is 0 Å². The van der Waals surface area contributed by atoms with Crippen LogP contribution in [-0.4, -0.2) is 13.1 Å². The minimum Gasteiger partial charge on any atom is -0.457 e. The highest BCUT2D eigenvalue weighted by Crippen LogP contribution is 2.49. The molecule has 4 heteroatoms. The summed E-state index contributed by atoms with van der Waals surface area (Å²) in [6.07, 6.45) is 9.89. The minimum absolute atomic E-state index is 0.0550. The van der Waals surface area contributed by atoms with Crippen LogP contribution in [0.3, 0.4) is 0 Å². The molecule has 0 bridgehead atoms. The van der Waals surface area contributed by atoms with Gasteiger partial charge in [0, 0.05) is 24.3 Å². The molecule has 0 radical (unpaired) electrons. The fourth-order valence-corrected chi connectivity index (χ4v) is 5.38.